The number of rotatable bonds is 12. The van der Waals surface area contributed by atoms with Crippen molar-refractivity contribution in [3.05, 3.63) is 71.4 Å². The minimum atomic E-state index is -0.116. The Hall–Kier alpha value is -2.99. The van der Waals surface area contributed by atoms with Gasteiger partial charge in [-0.05, 0) is 69.0 Å². The molecule has 0 radical (unpaired) electrons. The first-order chi connectivity index (χ1) is 15.1. The van der Waals surface area contributed by atoms with Gasteiger partial charge in [-0.15, -0.1) is 0 Å². The maximum atomic E-state index is 12.9. The lowest BCUT2D eigenvalue weighted by atomic mass is 10.2. The number of hydrogen-bond donors (Lipinski definition) is 0. The molecule has 1 aromatic heterocycles. The number of hydrogen-bond acceptors (Lipinski definition) is 4. The minimum absolute atomic E-state index is 0.116. The molecule has 1 heterocycles. The Labute approximate surface area is 184 Å². The fourth-order valence-electron chi connectivity index (χ4n) is 3.24. The van der Waals surface area contributed by atoms with Gasteiger partial charge in [0.05, 0.1) is 18.0 Å². The zero-order chi connectivity index (χ0) is 22.1. The highest BCUT2D eigenvalue weighted by Gasteiger charge is 2.08. The molecule has 0 fully saturated rings. The molecule has 3 aromatic rings. The maximum absolute atomic E-state index is 12.9. The number of benzene rings is 2. The molecule has 0 aliphatic carbocycles. The van der Waals surface area contributed by atoms with E-state index in [1.807, 2.05) is 62.6 Å². The molecule has 0 spiro atoms. The molecule has 166 valence electrons. The second-order valence-electron chi connectivity index (χ2n) is 7.87. The molecule has 6 nitrogen and oxygen atoms in total. The quantitative estimate of drug-likeness (QED) is 0.402. The average molecular weight is 424 g/mol. The Bertz CT molecular complexity index is 972. The largest absolute Gasteiger partial charge is 0.494 e. The minimum Gasteiger partial charge on any atom is -0.494 e. The van der Waals surface area contributed by atoms with Gasteiger partial charge in [0.15, 0.2) is 0 Å². The van der Waals surface area contributed by atoms with Crippen LogP contribution in [0.4, 0.5) is 0 Å². The third-order valence-electron chi connectivity index (χ3n) is 5.08. The fourth-order valence-corrected chi connectivity index (χ4v) is 3.24. The van der Waals surface area contributed by atoms with Gasteiger partial charge in [0.25, 0.3) is 0 Å². The van der Waals surface area contributed by atoms with Gasteiger partial charge >= 0.3 is 5.69 Å². The summed E-state index contributed by atoms with van der Waals surface area (Å²) in [5, 5.41) is 0. The van der Waals surface area contributed by atoms with Crippen molar-refractivity contribution in [3.63, 3.8) is 0 Å². The summed E-state index contributed by atoms with van der Waals surface area (Å²) in [6.45, 7) is 4.41. The van der Waals surface area contributed by atoms with Crippen LogP contribution in [0.25, 0.3) is 11.4 Å². The Morgan fingerprint density at radius 2 is 1.26 bits per heavy atom. The van der Waals surface area contributed by atoms with Gasteiger partial charge in [0, 0.05) is 18.9 Å². The van der Waals surface area contributed by atoms with Crippen LogP contribution in [0, 0.1) is 0 Å². The molecule has 0 aliphatic heterocycles. The molecule has 0 bridgehead atoms. The first-order valence-corrected chi connectivity index (χ1v) is 11.0. The summed E-state index contributed by atoms with van der Waals surface area (Å²) in [6, 6.07) is 15.2. The molecule has 0 saturated carbocycles. The highest BCUT2D eigenvalue weighted by molar-refractivity contribution is 5.40. The third kappa shape index (κ3) is 6.49. The lowest BCUT2D eigenvalue weighted by Crippen LogP contribution is -2.21. The van der Waals surface area contributed by atoms with Gasteiger partial charge in [0.2, 0.25) is 0 Å². The second kappa shape index (κ2) is 11.4. The standard InChI is InChI=1S/C25H33N3O3/c1-4-5-6-7-19-30-23-12-8-21(9-13-23)27-16-17-28(25(27)29)22-10-14-24(15-11-22)31-20-18-26(2)3/h8-17H,4-7,18-20H2,1-3H3. The van der Waals surface area contributed by atoms with Crippen LogP contribution in [0.5, 0.6) is 11.5 Å². The number of nitrogens with zero attached hydrogens (tertiary/aromatic N) is 3. The van der Waals surface area contributed by atoms with Crippen LogP contribution in [0.1, 0.15) is 32.6 Å². The van der Waals surface area contributed by atoms with Crippen molar-refractivity contribution >= 4 is 0 Å². The second-order valence-corrected chi connectivity index (χ2v) is 7.87. The monoisotopic (exact) mass is 423 g/mol. The smallest absolute Gasteiger partial charge is 0.337 e. The molecule has 0 unspecified atom stereocenters. The summed E-state index contributed by atoms with van der Waals surface area (Å²) in [6.07, 6.45) is 8.29. The Morgan fingerprint density at radius 1 is 0.742 bits per heavy atom. The lowest BCUT2D eigenvalue weighted by Gasteiger charge is -2.11. The van der Waals surface area contributed by atoms with Crippen molar-refractivity contribution in [2.45, 2.75) is 32.6 Å². The summed E-state index contributed by atoms with van der Waals surface area (Å²) in [7, 11) is 4.03. The van der Waals surface area contributed by atoms with Crippen molar-refractivity contribution in [2.75, 3.05) is 33.9 Å². The molecule has 31 heavy (non-hydrogen) atoms. The zero-order valence-electron chi connectivity index (χ0n) is 18.8. The van der Waals surface area contributed by atoms with Crippen molar-refractivity contribution in [3.8, 4) is 22.9 Å². The van der Waals surface area contributed by atoms with Crippen LogP contribution in [-0.4, -0.2) is 47.9 Å². The van der Waals surface area contributed by atoms with Crippen LogP contribution in [0.3, 0.4) is 0 Å². The molecular formula is C25H33N3O3. The normalized spacial score (nSPS) is 11.1. The number of ether oxygens (including phenoxy) is 2. The first-order valence-electron chi connectivity index (χ1n) is 11.0. The Kier molecular flexibility index (Phi) is 8.35. The molecule has 0 aliphatic rings. The van der Waals surface area contributed by atoms with Gasteiger partial charge in [0.1, 0.15) is 18.1 Å². The summed E-state index contributed by atoms with van der Waals surface area (Å²) in [5.41, 5.74) is 1.50. The summed E-state index contributed by atoms with van der Waals surface area (Å²) < 4.78 is 14.8. The topological polar surface area (TPSA) is 48.6 Å². The van der Waals surface area contributed by atoms with E-state index < -0.39 is 0 Å². The molecule has 6 heteroatoms. The molecule has 2 aromatic carbocycles. The zero-order valence-corrected chi connectivity index (χ0v) is 18.8. The third-order valence-corrected chi connectivity index (χ3v) is 5.08. The average Bonchev–Trinajstić information content (AvgIpc) is 3.15. The highest BCUT2D eigenvalue weighted by atomic mass is 16.5. The SMILES string of the molecule is CCCCCCOc1ccc(-n2ccn(-c3ccc(OCCN(C)C)cc3)c2=O)cc1. The Morgan fingerprint density at radius 3 is 1.74 bits per heavy atom. The molecule has 0 N–H and O–H groups in total. The van der Waals surface area contributed by atoms with Crippen molar-refractivity contribution < 1.29 is 9.47 Å². The van der Waals surface area contributed by atoms with Crippen LogP contribution in [-0.2, 0) is 0 Å². The van der Waals surface area contributed by atoms with Crippen molar-refractivity contribution in [2.24, 2.45) is 0 Å². The van der Waals surface area contributed by atoms with Crippen LogP contribution < -0.4 is 15.2 Å². The van der Waals surface area contributed by atoms with Gasteiger partial charge in [-0.2, -0.15) is 0 Å². The first kappa shape index (κ1) is 22.7. The van der Waals surface area contributed by atoms with Crippen molar-refractivity contribution in [1.82, 2.24) is 14.0 Å². The maximum Gasteiger partial charge on any atom is 0.337 e. The van der Waals surface area contributed by atoms with E-state index in [-0.39, 0.29) is 5.69 Å². The summed E-state index contributed by atoms with van der Waals surface area (Å²) >= 11 is 0. The predicted molar refractivity (Wildman–Crippen MR) is 125 cm³/mol. The van der Waals surface area contributed by atoms with E-state index in [1.165, 1.54) is 19.3 Å². The van der Waals surface area contributed by atoms with E-state index in [2.05, 4.69) is 11.8 Å². The van der Waals surface area contributed by atoms with E-state index in [0.717, 1.165) is 42.4 Å². The lowest BCUT2D eigenvalue weighted by molar-refractivity contribution is 0.261. The molecule has 0 atom stereocenters. The van der Waals surface area contributed by atoms with Crippen molar-refractivity contribution in [1.29, 1.82) is 0 Å². The van der Waals surface area contributed by atoms with Gasteiger partial charge in [-0.3, -0.25) is 9.13 Å². The number of likely N-dealkylation sites (N-methyl/N-ethyl adjacent to an activating group) is 1. The molecule has 3 rings (SSSR count). The van der Waals surface area contributed by atoms with Crippen LogP contribution in [0.15, 0.2) is 65.7 Å². The van der Waals surface area contributed by atoms with Crippen LogP contribution in [0.2, 0.25) is 0 Å². The molecule has 0 amide bonds. The number of aromatic nitrogens is 2. The predicted octanol–water partition coefficient (Wildman–Crippen LogP) is 4.53. The summed E-state index contributed by atoms with van der Waals surface area (Å²) in [5.74, 6) is 1.63. The highest BCUT2D eigenvalue weighted by Crippen LogP contribution is 2.17. The van der Waals surface area contributed by atoms with Gasteiger partial charge in [-0.1, -0.05) is 26.2 Å². The van der Waals surface area contributed by atoms with Gasteiger partial charge < -0.3 is 14.4 Å². The Balaban J connectivity index is 1.62. The summed E-state index contributed by atoms with van der Waals surface area (Å²) in [4.78, 5) is 15.0. The van der Waals surface area contributed by atoms with E-state index in [4.69, 9.17) is 9.47 Å². The van der Waals surface area contributed by atoms with Gasteiger partial charge in [-0.25, -0.2) is 4.79 Å². The van der Waals surface area contributed by atoms with E-state index in [9.17, 15) is 4.79 Å². The van der Waals surface area contributed by atoms with E-state index >= 15 is 0 Å². The van der Waals surface area contributed by atoms with Crippen LogP contribution >= 0.6 is 0 Å². The molecule has 0 saturated heterocycles. The molecular weight excluding hydrogens is 390 g/mol. The number of imidazole rings is 1. The fraction of sp³-hybridized carbons (Fsp3) is 0.400. The van der Waals surface area contributed by atoms with E-state index in [1.54, 1.807) is 21.5 Å². The number of unbranched alkanes of at least 4 members (excludes halogenated alkanes) is 3. The van der Waals surface area contributed by atoms with E-state index in [0.29, 0.717) is 6.61 Å².